The fourth-order valence-electron chi connectivity index (χ4n) is 4.05. The Morgan fingerprint density at radius 2 is 2.00 bits per heavy atom. The number of ether oxygens (including phenoxy) is 2. The van der Waals surface area contributed by atoms with Gasteiger partial charge in [-0.05, 0) is 44.0 Å². The van der Waals surface area contributed by atoms with Crippen molar-refractivity contribution in [1.29, 1.82) is 0 Å². The van der Waals surface area contributed by atoms with Crippen LogP contribution >= 0.6 is 11.6 Å². The highest BCUT2D eigenvalue weighted by atomic mass is 35.5. The summed E-state index contributed by atoms with van der Waals surface area (Å²) in [6, 6.07) is 5.82. The maximum absolute atomic E-state index is 14.5. The molecule has 10 heteroatoms. The molecule has 0 radical (unpaired) electrons. The lowest BCUT2D eigenvalue weighted by Gasteiger charge is -2.32. The first-order chi connectivity index (χ1) is 16.9. The summed E-state index contributed by atoms with van der Waals surface area (Å²) < 4.78 is 39.8. The molecule has 7 nitrogen and oxygen atoms in total. The van der Waals surface area contributed by atoms with E-state index in [0.717, 1.165) is 50.4 Å². The summed E-state index contributed by atoms with van der Waals surface area (Å²) in [5.74, 6) is -0.398. The molecule has 0 saturated carbocycles. The standard InChI is InChI=1S/C25H25ClF2N4O3/c1-15(7-10-33)13-32-8-5-16(6-9-32)35-22-11-17-20(12-21(22)34-2)29-14-30-25(17)31-19-4-3-18(27)23(26)24(19)28/h3-4,7,10-12,14,16H,5-6,8-9,13H2,1-2H3,(H,29,30,31). The average molecular weight is 503 g/mol. The van der Waals surface area contributed by atoms with Gasteiger partial charge in [0.05, 0.1) is 18.3 Å². The van der Waals surface area contributed by atoms with Crippen LogP contribution in [-0.4, -0.2) is 54.0 Å². The molecule has 184 valence electrons. The van der Waals surface area contributed by atoms with Crippen LogP contribution in [0.15, 0.2) is 42.2 Å². The number of nitrogens with one attached hydrogen (secondary N) is 1. The molecule has 1 N–H and O–H groups in total. The molecule has 0 amide bonds. The number of fused-ring (bicyclic) bond motifs is 1. The lowest BCUT2D eigenvalue weighted by Crippen LogP contribution is -2.39. The molecule has 2 heterocycles. The highest BCUT2D eigenvalue weighted by Crippen LogP contribution is 2.37. The quantitative estimate of drug-likeness (QED) is 0.254. The van der Waals surface area contributed by atoms with Gasteiger partial charge in [0, 0.05) is 31.1 Å². The summed E-state index contributed by atoms with van der Waals surface area (Å²) >= 11 is 5.71. The van der Waals surface area contributed by atoms with E-state index >= 15 is 0 Å². The fourth-order valence-corrected chi connectivity index (χ4v) is 4.22. The maximum atomic E-state index is 14.5. The first-order valence-electron chi connectivity index (χ1n) is 11.1. The van der Waals surface area contributed by atoms with Crippen molar-refractivity contribution < 1.29 is 23.0 Å². The molecule has 0 atom stereocenters. The van der Waals surface area contributed by atoms with Crippen LogP contribution in [0.2, 0.25) is 5.02 Å². The van der Waals surface area contributed by atoms with Gasteiger partial charge in [0.1, 0.15) is 35.4 Å². The van der Waals surface area contributed by atoms with E-state index in [4.69, 9.17) is 21.1 Å². The lowest BCUT2D eigenvalue weighted by molar-refractivity contribution is -0.104. The van der Waals surface area contributed by atoms with E-state index in [0.29, 0.717) is 28.2 Å². The zero-order valence-electron chi connectivity index (χ0n) is 19.4. The van der Waals surface area contributed by atoms with E-state index in [9.17, 15) is 13.6 Å². The molecule has 0 spiro atoms. The number of aldehydes is 1. The van der Waals surface area contributed by atoms with Gasteiger partial charge >= 0.3 is 0 Å². The van der Waals surface area contributed by atoms with Crippen molar-refractivity contribution in [3.63, 3.8) is 0 Å². The summed E-state index contributed by atoms with van der Waals surface area (Å²) in [6.07, 6.45) is 5.33. The summed E-state index contributed by atoms with van der Waals surface area (Å²) in [6.45, 7) is 4.37. The minimum Gasteiger partial charge on any atom is -0.493 e. The van der Waals surface area contributed by atoms with E-state index < -0.39 is 16.7 Å². The smallest absolute Gasteiger partial charge is 0.168 e. The fraction of sp³-hybridized carbons (Fsp3) is 0.320. The van der Waals surface area contributed by atoms with Crippen molar-refractivity contribution in [2.24, 2.45) is 0 Å². The van der Waals surface area contributed by atoms with Gasteiger partial charge in [-0.3, -0.25) is 9.69 Å². The average Bonchev–Trinajstić information content (AvgIpc) is 2.85. The topological polar surface area (TPSA) is 76.6 Å². The number of rotatable bonds is 8. The van der Waals surface area contributed by atoms with Gasteiger partial charge in [0.15, 0.2) is 17.3 Å². The number of hydrogen-bond donors (Lipinski definition) is 1. The molecule has 1 aliphatic rings. The Bertz CT molecular complexity index is 1260. The number of nitrogens with zero attached hydrogens (tertiary/aromatic N) is 3. The number of benzene rings is 2. The minimum atomic E-state index is -0.909. The summed E-state index contributed by atoms with van der Waals surface area (Å²) in [5, 5.41) is 2.86. The minimum absolute atomic E-state index is 0.0130. The Hall–Kier alpha value is -3.30. The summed E-state index contributed by atoms with van der Waals surface area (Å²) in [4.78, 5) is 21.5. The van der Waals surface area contributed by atoms with Crippen LogP contribution in [0.25, 0.3) is 10.9 Å². The number of allylic oxidation sites excluding steroid dienone is 1. The predicted octanol–water partition coefficient (Wildman–Crippen LogP) is 5.30. The van der Waals surface area contributed by atoms with E-state index in [1.807, 2.05) is 6.92 Å². The largest absolute Gasteiger partial charge is 0.493 e. The Morgan fingerprint density at radius 3 is 2.71 bits per heavy atom. The highest BCUT2D eigenvalue weighted by Gasteiger charge is 2.23. The molecule has 0 aliphatic carbocycles. The zero-order valence-corrected chi connectivity index (χ0v) is 20.1. The van der Waals surface area contributed by atoms with Crippen LogP contribution in [0, 0.1) is 11.6 Å². The Kier molecular flexibility index (Phi) is 7.77. The highest BCUT2D eigenvalue weighted by molar-refractivity contribution is 6.31. The number of piperidine rings is 1. The number of likely N-dealkylation sites (tertiary alicyclic amines) is 1. The molecule has 1 aromatic heterocycles. The number of halogens is 3. The van der Waals surface area contributed by atoms with Gasteiger partial charge in [0.2, 0.25) is 0 Å². The Morgan fingerprint density at radius 1 is 1.23 bits per heavy atom. The SMILES string of the molecule is COc1cc2ncnc(Nc3ccc(F)c(Cl)c3F)c2cc1OC1CCN(CC(C)=CC=O)CC1. The normalized spacial score (nSPS) is 15.3. The Balaban J connectivity index is 1.56. The maximum Gasteiger partial charge on any atom is 0.168 e. The molecule has 1 aliphatic heterocycles. The molecule has 35 heavy (non-hydrogen) atoms. The Labute approximate surface area is 206 Å². The van der Waals surface area contributed by atoms with Gasteiger partial charge in [-0.2, -0.15) is 0 Å². The van der Waals surface area contributed by atoms with Gasteiger partial charge in [0.25, 0.3) is 0 Å². The number of anilines is 2. The van der Waals surface area contributed by atoms with Crippen molar-refractivity contribution in [3.8, 4) is 11.5 Å². The predicted molar refractivity (Wildman–Crippen MR) is 131 cm³/mol. The number of aromatic nitrogens is 2. The summed E-state index contributed by atoms with van der Waals surface area (Å²) in [5.41, 5.74) is 1.57. The van der Waals surface area contributed by atoms with Crippen molar-refractivity contribution in [2.75, 3.05) is 32.1 Å². The van der Waals surface area contributed by atoms with Gasteiger partial charge in [-0.15, -0.1) is 0 Å². The van der Waals surface area contributed by atoms with Crippen LogP contribution in [0.5, 0.6) is 11.5 Å². The second kappa shape index (κ2) is 11.0. The molecule has 1 saturated heterocycles. The second-order valence-electron chi connectivity index (χ2n) is 8.33. The van der Waals surface area contributed by atoms with Crippen molar-refractivity contribution in [3.05, 3.63) is 58.9 Å². The van der Waals surface area contributed by atoms with Gasteiger partial charge in [-0.1, -0.05) is 17.2 Å². The van der Waals surface area contributed by atoms with Gasteiger partial charge < -0.3 is 14.8 Å². The van der Waals surface area contributed by atoms with Crippen molar-refractivity contribution in [2.45, 2.75) is 25.9 Å². The third-order valence-electron chi connectivity index (χ3n) is 5.86. The number of carbonyl (C=O) groups is 1. The molecule has 3 aromatic rings. The second-order valence-corrected chi connectivity index (χ2v) is 8.71. The van der Waals surface area contributed by atoms with E-state index in [1.54, 1.807) is 25.3 Å². The third kappa shape index (κ3) is 5.68. The van der Waals surface area contributed by atoms with E-state index in [1.165, 1.54) is 12.4 Å². The number of hydrogen-bond acceptors (Lipinski definition) is 7. The first-order valence-corrected chi connectivity index (χ1v) is 11.5. The van der Waals surface area contributed by atoms with Crippen LogP contribution < -0.4 is 14.8 Å². The van der Waals surface area contributed by atoms with Crippen LogP contribution in [0.1, 0.15) is 19.8 Å². The molecular formula is C25H25ClF2N4O3. The van der Waals surface area contributed by atoms with E-state index in [2.05, 4.69) is 20.2 Å². The van der Waals surface area contributed by atoms with Gasteiger partial charge in [-0.25, -0.2) is 18.7 Å². The molecule has 2 aromatic carbocycles. The monoisotopic (exact) mass is 502 g/mol. The first kappa shape index (κ1) is 24.8. The molecular weight excluding hydrogens is 478 g/mol. The van der Waals surface area contributed by atoms with Crippen LogP contribution in [0.4, 0.5) is 20.3 Å². The van der Waals surface area contributed by atoms with Crippen molar-refractivity contribution in [1.82, 2.24) is 14.9 Å². The molecule has 4 rings (SSSR count). The molecule has 0 unspecified atom stereocenters. The number of methoxy groups -OCH3 is 1. The van der Waals surface area contributed by atoms with E-state index in [-0.39, 0.29) is 11.8 Å². The third-order valence-corrected chi connectivity index (χ3v) is 6.21. The van der Waals surface area contributed by atoms with Crippen LogP contribution in [-0.2, 0) is 4.79 Å². The molecule has 1 fully saturated rings. The molecule has 0 bridgehead atoms. The lowest BCUT2D eigenvalue weighted by atomic mass is 10.1. The summed E-state index contributed by atoms with van der Waals surface area (Å²) in [7, 11) is 1.55. The number of carbonyl (C=O) groups excluding carboxylic acids is 1. The van der Waals surface area contributed by atoms with Crippen molar-refractivity contribution >= 4 is 40.3 Å². The zero-order chi connectivity index (χ0) is 24.9. The van der Waals surface area contributed by atoms with Crippen LogP contribution in [0.3, 0.4) is 0 Å².